The van der Waals surface area contributed by atoms with E-state index in [1.54, 1.807) is 0 Å². The van der Waals surface area contributed by atoms with Crippen LogP contribution in [0.1, 0.15) is 18.4 Å². The Balaban J connectivity index is 2.36. The van der Waals surface area contributed by atoms with Gasteiger partial charge in [0.25, 0.3) is 0 Å². The van der Waals surface area contributed by atoms with Gasteiger partial charge in [-0.15, -0.1) is 0 Å². The number of hydrogen-bond donors (Lipinski definition) is 1. The van der Waals surface area contributed by atoms with Crippen LogP contribution in [-0.4, -0.2) is 23.9 Å². The first-order valence-corrected chi connectivity index (χ1v) is 5.74. The number of rotatable bonds is 4. The molecule has 0 saturated heterocycles. The summed E-state index contributed by atoms with van der Waals surface area (Å²) in [7, 11) is 0. The van der Waals surface area contributed by atoms with Crippen LogP contribution in [0.4, 0.5) is 27.6 Å². The summed E-state index contributed by atoms with van der Waals surface area (Å²) >= 11 is 0. The van der Waals surface area contributed by atoms with Crippen LogP contribution in [0.15, 0.2) is 12.1 Å². The van der Waals surface area contributed by atoms with Gasteiger partial charge in [0, 0.05) is 6.04 Å². The highest BCUT2D eigenvalue weighted by molar-refractivity contribution is 5.52. The van der Waals surface area contributed by atoms with Crippen molar-refractivity contribution < 1.29 is 27.1 Å². The van der Waals surface area contributed by atoms with Crippen LogP contribution >= 0.6 is 0 Å². The minimum atomic E-state index is -4.53. The fourth-order valence-corrected chi connectivity index (χ4v) is 1.95. The molecule has 0 aromatic heterocycles. The van der Waals surface area contributed by atoms with Crippen LogP contribution in [0, 0.1) is 11.6 Å². The van der Waals surface area contributed by atoms with Crippen molar-refractivity contribution in [3.8, 4) is 0 Å². The number of benzene rings is 1. The summed E-state index contributed by atoms with van der Waals surface area (Å²) in [5.41, 5.74) is -0.682. The number of alkyl halides is 3. The fourth-order valence-electron chi connectivity index (χ4n) is 1.95. The molecular weight excluding hydrogens is 269 g/mol. The summed E-state index contributed by atoms with van der Waals surface area (Å²) < 4.78 is 64.9. The maximum Gasteiger partial charge on any atom is 0.405 e. The smallest absolute Gasteiger partial charge is 0.392 e. The average molecular weight is 281 g/mol. The summed E-state index contributed by atoms with van der Waals surface area (Å²) in [6.45, 7) is -1.96. The summed E-state index contributed by atoms with van der Waals surface area (Å²) in [5.74, 6) is -2.17. The molecule has 0 atom stereocenters. The van der Waals surface area contributed by atoms with Gasteiger partial charge in [-0.2, -0.15) is 13.2 Å². The number of aliphatic hydroxyl groups is 1. The molecule has 0 heterocycles. The Morgan fingerprint density at radius 2 is 1.68 bits per heavy atom. The summed E-state index contributed by atoms with van der Waals surface area (Å²) in [6, 6.07) is 1.22. The highest BCUT2D eigenvalue weighted by Gasteiger charge is 2.40. The van der Waals surface area contributed by atoms with Gasteiger partial charge in [0.2, 0.25) is 0 Å². The van der Waals surface area contributed by atoms with Crippen molar-refractivity contribution in [2.45, 2.75) is 31.7 Å². The molecule has 1 aliphatic carbocycles. The van der Waals surface area contributed by atoms with Crippen LogP contribution in [-0.2, 0) is 6.61 Å². The number of halogens is 5. The Labute approximate surface area is 106 Å². The maximum absolute atomic E-state index is 13.8. The summed E-state index contributed by atoms with van der Waals surface area (Å²) in [5, 5.41) is 8.80. The van der Waals surface area contributed by atoms with E-state index in [-0.39, 0.29) is 5.56 Å². The second-order valence-electron chi connectivity index (χ2n) is 4.54. The molecule has 0 aliphatic heterocycles. The van der Waals surface area contributed by atoms with E-state index < -0.39 is 42.7 Å². The van der Waals surface area contributed by atoms with Crippen molar-refractivity contribution >= 4 is 5.69 Å². The number of anilines is 1. The Bertz CT molecular complexity index is 447. The van der Waals surface area contributed by atoms with E-state index in [2.05, 4.69) is 0 Å². The van der Waals surface area contributed by atoms with Gasteiger partial charge in [0.1, 0.15) is 23.9 Å². The van der Waals surface area contributed by atoms with Crippen molar-refractivity contribution in [3.63, 3.8) is 0 Å². The van der Waals surface area contributed by atoms with Gasteiger partial charge in [-0.3, -0.25) is 0 Å². The van der Waals surface area contributed by atoms with E-state index in [9.17, 15) is 22.0 Å². The first-order chi connectivity index (χ1) is 8.81. The molecule has 0 unspecified atom stereocenters. The Morgan fingerprint density at radius 3 is 2.05 bits per heavy atom. The van der Waals surface area contributed by atoms with Crippen molar-refractivity contribution in [1.82, 2.24) is 0 Å². The van der Waals surface area contributed by atoms with Crippen LogP contribution in [0.3, 0.4) is 0 Å². The van der Waals surface area contributed by atoms with E-state index in [4.69, 9.17) is 5.11 Å². The molecule has 2 rings (SSSR count). The standard InChI is InChI=1S/C12H12F5NO/c13-9-3-7(5-19)4-10(14)11(9)18(8-1-2-8)6-12(15,16)17/h3-4,8,19H,1-2,5-6H2. The summed E-state index contributed by atoms with van der Waals surface area (Å²) in [6.07, 6.45) is -3.56. The molecular formula is C12H12F5NO. The molecule has 1 N–H and O–H groups in total. The molecule has 1 aromatic carbocycles. The third kappa shape index (κ3) is 3.34. The molecule has 1 aliphatic rings. The van der Waals surface area contributed by atoms with Crippen molar-refractivity contribution in [1.29, 1.82) is 0 Å². The zero-order valence-electron chi connectivity index (χ0n) is 9.84. The van der Waals surface area contributed by atoms with E-state index in [0.717, 1.165) is 12.1 Å². The van der Waals surface area contributed by atoms with Crippen LogP contribution < -0.4 is 4.90 Å². The van der Waals surface area contributed by atoms with E-state index in [1.807, 2.05) is 0 Å². The Kier molecular flexibility index (Phi) is 3.66. The van der Waals surface area contributed by atoms with Crippen LogP contribution in [0.25, 0.3) is 0 Å². The van der Waals surface area contributed by atoms with Gasteiger partial charge in [-0.1, -0.05) is 0 Å². The normalized spacial score (nSPS) is 15.7. The largest absolute Gasteiger partial charge is 0.405 e. The van der Waals surface area contributed by atoms with Gasteiger partial charge in [-0.05, 0) is 30.5 Å². The predicted molar refractivity (Wildman–Crippen MR) is 58.7 cm³/mol. The SMILES string of the molecule is OCc1cc(F)c(N(CC(F)(F)F)C2CC2)c(F)c1. The number of hydrogen-bond acceptors (Lipinski definition) is 2. The molecule has 19 heavy (non-hydrogen) atoms. The van der Waals surface area contributed by atoms with Crippen LogP contribution in [0.2, 0.25) is 0 Å². The molecule has 7 heteroatoms. The van der Waals surface area contributed by atoms with E-state index in [1.165, 1.54) is 0 Å². The Morgan fingerprint density at radius 1 is 1.16 bits per heavy atom. The van der Waals surface area contributed by atoms with Crippen molar-refractivity contribution in [2.75, 3.05) is 11.4 Å². The molecule has 0 spiro atoms. The molecule has 0 radical (unpaired) electrons. The van der Waals surface area contributed by atoms with Gasteiger partial charge < -0.3 is 10.0 Å². The average Bonchev–Trinajstić information content (AvgIpc) is 3.08. The zero-order valence-corrected chi connectivity index (χ0v) is 9.84. The lowest BCUT2D eigenvalue weighted by Gasteiger charge is -2.26. The molecule has 1 fully saturated rings. The molecule has 2 nitrogen and oxygen atoms in total. The highest BCUT2D eigenvalue weighted by atomic mass is 19.4. The molecule has 1 aromatic rings. The second-order valence-corrected chi connectivity index (χ2v) is 4.54. The number of nitrogens with zero attached hydrogens (tertiary/aromatic N) is 1. The summed E-state index contributed by atoms with van der Waals surface area (Å²) in [4.78, 5) is 0.714. The highest BCUT2D eigenvalue weighted by Crippen LogP contribution is 2.37. The third-order valence-electron chi connectivity index (χ3n) is 2.88. The predicted octanol–water partition coefficient (Wildman–Crippen LogP) is 2.99. The van der Waals surface area contributed by atoms with Gasteiger partial charge in [0.15, 0.2) is 0 Å². The molecule has 1 saturated carbocycles. The topological polar surface area (TPSA) is 23.5 Å². The Hall–Kier alpha value is -1.37. The lowest BCUT2D eigenvalue weighted by Crippen LogP contribution is -2.37. The maximum atomic E-state index is 13.8. The van der Waals surface area contributed by atoms with Crippen molar-refractivity contribution in [3.05, 3.63) is 29.3 Å². The lowest BCUT2D eigenvalue weighted by atomic mass is 10.1. The van der Waals surface area contributed by atoms with Gasteiger partial charge >= 0.3 is 6.18 Å². The molecule has 106 valence electrons. The first-order valence-electron chi connectivity index (χ1n) is 5.74. The van der Waals surface area contributed by atoms with E-state index in [0.29, 0.717) is 17.7 Å². The van der Waals surface area contributed by atoms with Gasteiger partial charge in [0.05, 0.1) is 6.61 Å². The molecule has 0 amide bonds. The number of aliphatic hydroxyl groups excluding tert-OH is 1. The quantitative estimate of drug-likeness (QED) is 0.858. The monoisotopic (exact) mass is 281 g/mol. The minimum Gasteiger partial charge on any atom is -0.392 e. The first kappa shape index (κ1) is 14.0. The minimum absolute atomic E-state index is 0.0125. The molecule has 0 bridgehead atoms. The second kappa shape index (κ2) is 4.96. The fraction of sp³-hybridized carbons (Fsp3) is 0.500. The lowest BCUT2D eigenvalue weighted by molar-refractivity contribution is -0.120. The third-order valence-corrected chi connectivity index (χ3v) is 2.88. The zero-order chi connectivity index (χ0) is 14.2. The van der Waals surface area contributed by atoms with Crippen LogP contribution in [0.5, 0.6) is 0 Å². The van der Waals surface area contributed by atoms with Crippen molar-refractivity contribution in [2.24, 2.45) is 0 Å². The van der Waals surface area contributed by atoms with E-state index >= 15 is 0 Å². The van der Waals surface area contributed by atoms with Gasteiger partial charge in [-0.25, -0.2) is 8.78 Å².